The number of nitrogens with one attached hydrogen (secondary N) is 1. The summed E-state index contributed by atoms with van der Waals surface area (Å²) in [6.07, 6.45) is 0. The zero-order valence-corrected chi connectivity index (χ0v) is 12.4. The van der Waals surface area contributed by atoms with Crippen LogP contribution in [0.15, 0.2) is 36.4 Å². The van der Waals surface area contributed by atoms with Gasteiger partial charge in [-0.05, 0) is 18.2 Å². The molecule has 2 aromatic rings. The van der Waals surface area contributed by atoms with E-state index in [9.17, 15) is 4.79 Å². The van der Waals surface area contributed by atoms with E-state index in [1.807, 2.05) is 30.3 Å². The van der Waals surface area contributed by atoms with Crippen molar-refractivity contribution >= 4 is 17.2 Å². The molecule has 2 heterocycles. The topological polar surface area (TPSA) is 67.6 Å². The zero-order chi connectivity index (χ0) is 14.7. The fraction of sp³-hybridized carbons (Fsp3) is 0.267. The molecule has 0 aliphatic carbocycles. The van der Waals surface area contributed by atoms with Gasteiger partial charge in [-0.1, -0.05) is 18.2 Å². The van der Waals surface area contributed by atoms with E-state index in [2.05, 4.69) is 16.4 Å². The van der Waals surface area contributed by atoms with Crippen molar-refractivity contribution in [1.82, 2.24) is 10.3 Å². The lowest BCUT2D eigenvalue weighted by molar-refractivity contribution is 0.0957. The standard InChI is InChI=1S/C15H17N3O2S/c16-17-15(19)14-6-5-12(21-14)10-18-7-8-20-13-4-2-1-3-11(13)9-18/h1-6H,7-10,16H2,(H,17,19). The predicted octanol–water partition coefficient (Wildman–Crippen LogP) is 1.75. The first-order valence-electron chi connectivity index (χ1n) is 6.79. The van der Waals surface area contributed by atoms with Crippen molar-refractivity contribution in [2.24, 2.45) is 5.84 Å². The van der Waals surface area contributed by atoms with Crippen LogP contribution < -0.4 is 16.0 Å². The molecule has 0 radical (unpaired) electrons. The van der Waals surface area contributed by atoms with Crippen LogP contribution >= 0.6 is 11.3 Å². The molecule has 110 valence electrons. The third kappa shape index (κ3) is 3.24. The number of fused-ring (bicyclic) bond motifs is 1. The van der Waals surface area contributed by atoms with Gasteiger partial charge in [-0.25, -0.2) is 5.84 Å². The van der Waals surface area contributed by atoms with Gasteiger partial charge in [-0.2, -0.15) is 0 Å². The minimum atomic E-state index is -0.240. The average Bonchev–Trinajstić information content (AvgIpc) is 2.86. The quantitative estimate of drug-likeness (QED) is 0.515. The van der Waals surface area contributed by atoms with Gasteiger partial charge in [0, 0.05) is 30.1 Å². The molecule has 6 heteroatoms. The van der Waals surface area contributed by atoms with Crippen LogP contribution in [0.2, 0.25) is 0 Å². The van der Waals surface area contributed by atoms with Crippen LogP contribution in [0.4, 0.5) is 0 Å². The van der Waals surface area contributed by atoms with Crippen molar-refractivity contribution in [2.75, 3.05) is 13.2 Å². The van der Waals surface area contributed by atoms with E-state index in [0.29, 0.717) is 11.5 Å². The lowest BCUT2D eigenvalue weighted by Gasteiger charge is -2.18. The zero-order valence-electron chi connectivity index (χ0n) is 11.5. The number of hydrogen-bond donors (Lipinski definition) is 2. The Kier molecular flexibility index (Phi) is 4.19. The molecular formula is C15H17N3O2S. The minimum absolute atomic E-state index is 0.240. The van der Waals surface area contributed by atoms with E-state index in [1.165, 1.54) is 16.9 Å². The Bertz CT molecular complexity index is 641. The fourth-order valence-electron chi connectivity index (χ4n) is 2.39. The number of amides is 1. The number of nitrogens with zero attached hydrogens (tertiary/aromatic N) is 1. The molecule has 21 heavy (non-hydrogen) atoms. The van der Waals surface area contributed by atoms with Crippen molar-refractivity contribution in [3.05, 3.63) is 51.7 Å². The van der Waals surface area contributed by atoms with Crippen LogP contribution in [0, 0.1) is 0 Å². The maximum atomic E-state index is 11.5. The van der Waals surface area contributed by atoms with Crippen molar-refractivity contribution in [3.8, 4) is 5.75 Å². The lowest BCUT2D eigenvalue weighted by atomic mass is 10.2. The second kappa shape index (κ2) is 6.26. The summed E-state index contributed by atoms with van der Waals surface area (Å²) in [5, 5.41) is 0. The molecule has 5 nitrogen and oxygen atoms in total. The number of nitrogens with two attached hydrogens (primary N) is 1. The minimum Gasteiger partial charge on any atom is -0.492 e. The van der Waals surface area contributed by atoms with Crippen molar-refractivity contribution < 1.29 is 9.53 Å². The molecule has 1 aromatic carbocycles. The van der Waals surface area contributed by atoms with Gasteiger partial charge in [-0.15, -0.1) is 11.3 Å². The Labute approximate surface area is 127 Å². The molecule has 0 spiro atoms. The Morgan fingerprint density at radius 3 is 3.05 bits per heavy atom. The SMILES string of the molecule is NNC(=O)c1ccc(CN2CCOc3ccccc3C2)s1. The Morgan fingerprint density at radius 2 is 2.19 bits per heavy atom. The highest BCUT2D eigenvalue weighted by molar-refractivity contribution is 7.14. The first kappa shape index (κ1) is 14.1. The van der Waals surface area contributed by atoms with E-state index in [4.69, 9.17) is 10.6 Å². The predicted molar refractivity (Wildman–Crippen MR) is 82.0 cm³/mol. The Morgan fingerprint density at radius 1 is 1.33 bits per heavy atom. The molecule has 1 aliphatic rings. The van der Waals surface area contributed by atoms with Crippen LogP contribution in [0.3, 0.4) is 0 Å². The molecule has 0 bridgehead atoms. The van der Waals surface area contributed by atoms with Crippen LogP contribution in [-0.2, 0) is 13.1 Å². The molecular weight excluding hydrogens is 286 g/mol. The summed E-state index contributed by atoms with van der Waals surface area (Å²) in [5.41, 5.74) is 3.36. The van der Waals surface area contributed by atoms with Crippen LogP contribution in [0.1, 0.15) is 20.1 Å². The summed E-state index contributed by atoms with van der Waals surface area (Å²) in [6, 6.07) is 11.9. The first-order chi connectivity index (χ1) is 10.3. The highest BCUT2D eigenvalue weighted by atomic mass is 32.1. The van der Waals surface area contributed by atoms with Crippen molar-refractivity contribution in [2.45, 2.75) is 13.1 Å². The molecule has 0 atom stereocenters. The number of thiophene rings is 1. The van der Waals surface area contributed by atoms with Gasteiger partial charge in [0.1, 0.15) is 12.4 Å². The maximum Gasteiger partial charge on any atom is 0.275 e. The summed E-state index contributed by atoms with van der Waals surface area (Å²) in [4.78, 5) is 15.6. The summed E-state index contributed by atoms with van der Waals surface area (Å²) in [7, 11) is 0. The number of rotatable bonds is 3. The molecule has 0 saturated heterocycles. The van der Waals surface area contributed by atoms with Gasteiger partial charge < -0.3 is 4.74 Å². The van der Waals surface area contributed by atoms with E-state index < -0.39 is 0 Å². The number of hydrazine groups is 1. The normalized spacial score (nSPS) is 14.9. The lowest BCUT2D eigenvalue weighted by Crippen LogP contribution is -2.29. The number of para-hydroxylation sites is 1. The van der Waals surface area contributed by atoms with E-state index >= 15 is 0 Å². The van der Waals surface area contributed by atoms with Gasteiger partial charge in [0.15, 0.2) is 0 Å². The molecule has 1 aromatic heterocycles. The largest absolute Gasteiger partial charge is 0.492 e. The van der Waals surface area contributed by atoms with E-state index in [-0.39, 0.29) is 5.91 Å². The molecule has 1 aliphatic heterocycles. The molecule has 3 N–H and O–H groups in total. The number of carbonyl (C=O) groups excluding carboxylic acids is 1. The average molecular weight is 303 g/mol. The van der Waals surface area contributed by atoms with Gasteiger partial charge >= 0.3 is 0 Å². The highest BCUT2D eigenvalue weighted by Crippen LogP contribution is 2.25. The van der Waals surface area contributed by atoms with Crippen molar-refractivity contribution in [3.63, 3.8) is 0 Å². The first-order valence-corrected chi connectivity index (χ1v) is 7.60. The molecule has 0 unspecified atom stereocenters. The number of carbonyl (C=O) groups is 1. The summed E-state index contributed by atoms with van der Waals surface area (Å²) in [6.45, 7) is 3.20. The Hall–Kier alpha value is -1.89. The molecule has 3 rings (SSSR count). The maximum absolute atomic E-state index is 11.5. The van der Waals surface area contributed by atoms with E-state index in [1.54, 1.807) is 0 Å². The van der Waals surface area contributed by atoms with Gasteiger partial charge in [0.05, 0.1) is 4.88 Å². The number of ether oxygens (including phenoxy) is 1. The van der Waals surface area contributed by atoms with E-state index in [0.717, 1.165) is 30.3 Å². The van der Waals surface area contributed by atoms with Crippen LogP contribution in [0.25, 0.3) is 0 Å². The monoisotopic (exact) mass is 303 g/mol. The van der Waals surface area contributed by atoms with Gasteiger partial charge in [0.2, 0.25) is 0 Å². The van der Waals surface area contributed by atoms with Crippen LogP contribution in [-0.4, -0.2) is 24.0 Å². The number of benzene rings is 1. The van der Waals surface area contributed by atoms with Gasteiger partial charge in [-0.3, -0.25) is 15.1 Å². The van der Waals surface area contributed by atoms with Gasteiger partial charge in [0.25, 0.3) is 5.91 Å². The summed E-state index contributed by atoms with van der Waals surface area (Å²) < 4.78 is 5.76. The summed E-state index contributed by atoms with van der Waals surface area (Å²) in [5.74, 6) is 5.88. The Balaban J connectivity index is 1.70. The third-order valence-corrected chi connectivity index (χ3v) is 4.50. The molecule has 0 fully saturated rings. The number of hydrogen-bond acceptors (Lipinski definition) is 5. The third-order valence-electron chi connectivity index (χ3n) is 3.43. The smallest absolute Gasteiger partial charge is 0.275 e. The highest BCUT2D eigenvalue weighted by Gasteiger charge is 2.16. The molecule has 1 amide bonds. The molecule has 0 saturated carbocycles. The number of nitrogen functional groups attached to an aromatic ring is 1. The fourth-order valence-corrected chi connectivity index (χ4v) is 3.34. The second-order valence-corrected chi connectivity index (χ2v) is 6.07. The summed E-state index contributed by atoms with van der Waals surface area (Å²) >= 11 is 1.47. The second-order valence-electron chi connectivity index (χ2n) is 4.91. The van der Waals surface area contributed by atoms with Crippen molar-refractivity contribution in [1.29, 1.82) is 0 Å². The van der Waals surface area contributed by atoms with Crippen LogP contribution in [0.5, 0.6) is 5.75 Å².